The van der Waals surface area contributed by atoms with Gasteiger partial charge in [-0.1, -0.05) is 26.0 Å². The van der Waals surface area contributed by atoms with Crippen LogP contribution in [0.15, 0.2) is 41.3 Å². The lowest BCUT2D eigenvalue weighted by Crippen LogP contribution is -2.46. The van der Waals surface area contributed by atoms with Crippen LogP contribution in [0.5, 0.6) is 11.5 Å². The summed E-state index contributed by atoms with van der Waals surface area (Å²) < 4.78 is 10.9. The van der Waals surface area contributed by atoms with Gasteiger partial charge >= 0.3 is 0 Å². The number of hydrogen-bond donors (Lipinski definition) is 1. The summed E-state index contributed by atoms with van der Waals surface area (Å²) >= 11 is 1.65. The molecule has 0 saturated heterocycles. The molecule has 0 aromatic heterocycles. The molecule has 0 fully saturated rings. The van der Waals surface area contributed by atoms with E-state index < -0.39 is 12.0 Å². The lowest BCUT2D eigenvalue weighted by Gasteiger charge is -2.40. The molecule has 2 amide bonds. The quantitative estimate of drug-likeness (QED) is 0.517. The third-order valence-electron chi connectivity index (χ3n) is 6.54. The molecule has 8 heteroatoms. The number of likely N-dealkylation sites (N-methyl/N-ethyl adjacent to an activating group) is 2. The molecule has 0 radical (unpaired) electrons. The van der Waals surface area contributed by atoms with E-state index in [1.807, 2.05) is 30.5 Å². The number of fused-ring (bicyclic) bond motifs is 1. The van der Waals surface area contributed by atoms with Crippen molar-refractivity contribution in [1.29, 1.82) is 0 Å². The fraction of sp³-hybridized carbons (Fsp3) is 0.462. The molecule has 1 heterocycles. The van der Waals surface area contributed by atoms with Crippen molar-refractivity contribution in [2.24, 2.45) is 0 Å². The zero-order chi connectivity index (χ0) is 24.8. The standard InChI is InChI=1S/C26H35N3O4S/c1-7-29(8-2)14-13-27-25(30)23-19-15-21(32-4)22(33-5)16-20(19)26(31)28(3)24(23)17-9-11-18(34-6)12-10-17/h9-12,15-16,23-24H,7-8,13-14H2,1-6H3,(H,27,30)/t23-,24+/m0/s1. The van der Waals surface area contributed by atoms with Gasteiger partial charge in [0.25, 0.3) is 5.91 Å². The Morgan fingerprint density at radius 2 is 1.71 bits per heavy atom. The minimum atomic E-state index is -0.589. The Bertz CT molecular complexity index is 1010. The fourth-order valence-corrected chi connectivity index (χ4v) is 4.94. The van der Waals surface area contributed by atoms with Gasteiger partial charge in [0.1, 0.15) is 0 Å². The average Bonchev–Trinajstić information content (AvgIpc) is 2.87. The molecule has 1 aliphatic rings. The summed E-state index contributed by atoms with van der Waals surface area (Å²) in [4.78, 5) is 32.2. The number of nitrogens with one attached hydrogen (secondary N) is 1. The Hall–Kier alpha value is -2.71. The van der Waals surface area contributed by atoms with E-state index in [0.717, 1.165) is 30.1 Å². The topological polar surface area (TPSA) is 71.1 Å². The maximum absolute atomic E-state index is 13.7. The number of thioether (sulfide) groups is 1. The van der Waals surface area contributed by atoms with E-state index in [1.165, 1.54) is 7.11 Å². The average molecular weight is 486 g/mol. The summed E-state index contributed by atoms with van der Waals surface area (Å²) in [5, 5.41) is 3.12. The van der Waals surface area contributed by atoms with E-state index >= 15 is 0 Å². The monoisotopic (exact) mass is 485 g/mol. The summed E-state index contributed by atoms with van der Waals surface area (Å²) in [6.45, 7) is 7.38. The van der Waals surface area contributed by atoms with Crippen LogP contribution in [0, 0.1) is 0 Å². The Kier molecular flexibility index (Phi) is 8.85. The molecule has 7 nitrogen and oxygen atoms in total. The summed E-state index contributed by atoms with van der Waals surface area (Å²) in [6, 6.07) is 11.1. The highest BCUT2D eigenvalue weighted by Gasteiger charge is 2.43. The zero-order valence-corrected chi connectivity index (χ0v) is 21.7. The minimum Gasteiger partial charge on any atom is -0.493 e. The van der Waals surface area contributed by atoms with Gasteiger partial charge < -0.3 is 24.6 Å². The minimum absolute atomic E-state index is 0.112. The van der Waals surface area contributed by atoms with Crippen LogP contribution in [0.1, 0.15) is 47.3 Å². The third-order valence-corrected chi connectivity index (χ3v) is 7.28. The number of nitrogens with zero attached hydrogens (tertiary/aromatic N) is 2. The van der Waals surface area contributed by atoms with Crippen LogP contribution in [0.25, 0.3) is 0 Å². The highest BCUT2D eigenvalue weighted by Crippen LogP contribution is 2.45. The van der Waals surface area contributed by atoms with Crippen LogP contribution >= 0.6 is 11.8 Å². The van der Waals surface area contributed by atoms with Gasteiger partial charge in [0.2, 0.25) is 5.91 Å². The fourth-order valence-electron chi connectivity index (χ4n) is 4.54. The molecule has 3 rings (SSSR count). The van der Waals surface area contributed by atoms with Crippen molar-refractivity contribution in [2.45, 2.75) is 30.7 Å². The van der Waals surface area contributed by atoms with Crippen molar-refractivity contribution in [2.75, 3.05) is 53.7 Å². The van der Waals surface area contributed by atoms with Crippen molar-refractivity contribution >= 4 is 23.6 Å². The number of carbonyl (C=O) groups excluding carboxylic acids is 2. The molecular formula is C26H35N3O4S. The van der Waals surface area contributed by atoms with Gasteiger partial charge in [0.15, 0.2) is 11.5 Å². The van der Waals surface area contributed by atoms with E-state index in [9.17, 15) is 9.59 Å². The molecule has 0 spiro atoms. The van der Waals surface area contributed by atoms with E-state index in [-0.39, 0.29) is 11.8 Å². The summed E-state index contributed by atoms with van der Waals surface area (Å²) in [5.74, 6) is 0.109. The van der Waals surface area contributed by atoms with Crippen molar-refractivity contribution in [3.05, 3.63) is 53.1 Å². The van der Waals surface area contributed by atoms with Gasteiger partial charge in [-0.25, -0.2) is 0 Å². The summed E-state index contributed by atoms with van der Waals surface area (Å²) in [7, 11) is 4.85. The number of methoxy groups -OCH3 is 2. The lowest BCUT2D eigenvalue weighted by atomic mass is 9.79. The number of amides is 2. The summed E-state index contributed by atoms with van der Waals surface area (Å²) in [6.07, 6.45) is 2.02. The van der Waals surface area contributed by atoms with Crippen LogP contribution in [-0.2, 0) is 4.79 Å². The molecule has 1 aliphatic heterocycles. The van der Waals surface area contributed by atoms with Gasteiger partial charge in [-0.05, 0) is 54.7 Å². The van der Waals surface area contributed by atoms with Crippen LogP contribution in [0.3, 0.4) is 0 Å². The maximum atomic E-state index is 13.7. The van der Waals surface area contributed by atoms with E-state index in [4.69, 9.17) is 9.47 Å². The molecule has 2 aromatic carbocycles. The second-order valence-corrected chi connectivity index (χ2v) is 9.10. The Labute approximate surface area is 206 Å². The number of ether oxygens (including phenoxy) is 2. The molecule has 2 aromatic rings. The van der Waals surface area contributed by atoms with Crippen LogP contribution < -0.4 is 14.8 Å². The van der Waals surface area contributed by atoms with Gasteiger partial charge in [0.05, 0.1) is 26.2 Å². The van der Waals surface area contributed by atoms with Gasteiger partial charge in [-0.15, -0.1) is 11.8 Å². The first-order valence-corrected chi connectivity index (χ1v) is 12.8. The second-order valence-electron chi connectivity index (χ2n) is 8.22. The Morgan fingerprint density at radius 1 is 1.09 bits per heavy atom. The molecule has 0 aliphatic carbocycles. The van der Waals surface area contributed by atoms with E-state index in [1.54, 1.807) is 43.0 Å². The molecule has 0 saturated carbocycles. The van der Waals surface area contributed by atoms with Gasteiger partial charge in [-0.3, -0.25) is 9.59 Å². The SMILES string of the molecule is CCN(CC)CCNC(=O)[C@H]1c2cc(OC)c(OC)cc2C(=O)N(C)[C@@H]1c1ccc(SC)cc1. The van der Waals surface area contributed by atoms with Crippen molar-refractivity contribution in [3.63, 3.8) is 0 Å². The predicted octanol–water partition coefficient (Wildman–Crippen LogP) is 3.79. The number of hydrogen-bond acceptors (Lipinski definition) is 6. The van der Waals surface area contributed by atoms with Crippen LogP contribution in [0.2, 0.25) is 0 Å². The Morgan fingerprint density at radius 3 is 2.26 bits per heavy atom. The normalized spacial score (nSPS) is 17.5. The summed E-state index contributed by atoms with van der Waals surface area (Å²) in [5.41, 5.74) is 2.03. The maximum Gasteiger partial charge on any atom is 0.254 e. The van der Waals surface area contributed by atoms with Gasteiger partial charge in [-0.2, -0.15) is 0 Å². The first kappa shape index (κ1) is 25.9. The van der Waals surface area contributed by atoms with Crippen LogP contribution in [-0.4, -0.2) is 75.3 Å². The molecule has 1 N–H and O–H groups in total. The van der Waals surface area contributed by atoms with Crippen LogP contribution in [0.4, 0.5) is 0 Å². The first-order valence-electron chi connectivity index (χ1n) is 11.6. The molecule has 34 heavy (non-hydrogen) atoms. The largest absolute Gasteiger partial charge is 0.493 e. The predicted molar refractivity (Wildman–Crippen MR) is 136 cm³/mol. The number of benzene rings is 2. The number of carbonyl (C=O) groups is 2. The highest BCUT2D eigenvalue weighted by atomic mass is 32.2. The highest BCUT2D eigenvalue weighted by molar-refractivity contribution is 7.98. The number of rotatable bonds is 10. The molecule has 0 bridgehead atoms. The molecule has 2 atom stereocenters. The van der Waals surface area contributed by atoms with E-state index in [2.05, 4.69) is 24.1 Å². The van der Waals surface area contributed by atoms with Gasteiger partial charge in [0, 0.05) is 30.6 Å². The van der Waals surface area contributed by atoms with Crippen molar-refractivity contribution in [1.82, 2.24) is 15.1 Å². The van der Waals surface area contributed by atoms with Crippen molar-refractivity contribution < 1.29 is 19.1 Å². The van der Waals surface area contributed by atoms with E-state index in [0.29, 0.717) is 29.2 Å². The smallest absolute Gasteiger partial charge is 0.254 e. The third kappa shape index (κ3) is 5.18. The Balaban J connectivity index is 2.06. The molecular weight excluding hydrogens is 450 g/mol. The molecule has 0 unspecified atom stereocenters. The van der Waals surface area contributed by atoms with Crippen molar-refractivity contribution in [3.8, 4) is 11.5 Å². The lowest BCUT2D eigenvalue weighted by molar-refractivity contribution is -0.124. The second kappa shape index (κ2) is 11.6. The zero-order valence-electron chi connectivity index (χ0n) is 20.9. The first-order chi connectivity index (χ1) is 16.4. The molecule has 184 valence electrons.